The number of piperazine rings is 1. The minimum atomic E-state index is 0.146. The van der Waals surface area contributed by atoms with Crippen molar-refractivity contribution in [3.05, 3.63) is 0 Å². The number of carbonyl (C=O) groups is 1. The van der Waals surface area contributed by atoms with Crippen molar-refractivity contribution in [2.24, 2.45) is 23.7 Å². The fourth-order valence-corrected chi connectivity index (χ4v) is 4.25. The van der Waals surface area contributed by atoms with Gasteiger partial charge in [-0.15, -0.1) is 0 Å². The number of carbonyl (C=O) groups excluding carboxylic acids is 1. The second kappa shape index (κ2) is 14.4. The zero-order valence-electron chi connectivity index (χ0n) is 20.1. The van der Waals surface area contributed by atoms with E-state index in [-0.39, 0.29) is 5.92 Å². The summed E-state index contributed by atoms with van der Waals surface area (Å²) in [6.45, 7) is 13.3. The first-order valence-electron chi connectivity index (χ1n) is 12.4. The SMILES string of the molecule is COCCNCC(C)CCC(CCC(C)C(=O)N1CCN(C)CC1)CNCC1CC1. The van der Waals surface area contributed by atoms with Gasteiger partial charge in [-0.05, 0) is 83.0 Å². The van der Waals surface area contributed by atoms with Gasteiger partial charge in [0.1, 0.15) is 0 Å². The maximum Gasteiger partial charge on any atom is 0.225 e. The van der Waals surface area contributed by atoms with Crippen LogP contribution in [-0.2, 0) is 9.53 Å². The number of nitrogens with zero attached hydrogens (tertiary/aromatic N) is 2. The van der Waals surface area contributed by atoms with Crippen LogP contribution in [0.5, 0.6) is 0 Å². The fourth-order valence-electron chi connectivity index (χ4n) is 4.25. The number of nitrogens with one attached hydrogen (secondary N) is 2. The molecule has 2 N–H and O–H groups in total. The van der Waals surface area contributed by atoms with E-state index in [0.717, 1.165) is 71.2 Å². The van der Waals surface area contributed by atoms with Crippen molar-refractivity contribution in [2.75, 3.05) is 73.1 Å². The Morgan fingerprint density at radius 3 is 2.37 bits per heavy atom. The van der Waals surface area contributed by atoms with E-state index in [9.17, 15) is 4.79 Å². The first-order chi connectivity index (χ1) is 14.5. The van der Waals surface area contributed by atoms with Gasteiger partial charge < -0.3 is 25.2 Å². The Morgan fingerprint density at radius 2 is 1.70 bits per heavy atom. The molecule has 1 aliphatic carbocycles. The Morgan fingerprint density at radius 1 is 1.00 bits per heavy atom. The van der Waals surface area contributed by atoms with Crippen LogP contribution in [0.4, 0.5) is 0 Å². The number of methoxy groups -OCH3 is 1. The Labute approximate surface area is 185 Å². The van der Waals surface area contributed by atoms with Crippen molar-refractivity contribution < 1.29 is 9.53 Å². The topological polar surface area (TPSA) is 56.8 Å². The molecule has 1 saturated carbocycles. The van der Waals surface area contributed by atoms with Gasteiger partial charge in [-0.1, -0.05) is 13.8 Å². The molecular formula is C24H48N4O2. The molecule has 1 saturated heterocycles. The van der Waals surface area contributed by atoms with Crippen LogP contribution in [0, 0.1) is 23.7 Å². The highest BCUT2D eigenvalue weighted by Gasteiger charge is 2.25. The van der Waals surface area contributed by atoms with Crippen LogP contribution in [0.15, 0.2) is 0 Å². The molecule has 176 valence electrons. The first-order valence-corrected chi connectivity index (χ1v) is 12.4. The third-order valence-electron chi connectivity index (χ3n) is 6.85. The lowest BCUT2D eigenvalue weighted by atomic mass is 9.89. The monoisotopic (exact) mass is 424 g/mol. The van der Waals surface area contributed by atoms with Crippen LogP contribution in [-0.4, -0.2) is 88.8 Å². The van der Waals surface area contributed by atoms with E-state index in [1.807, 2.05) is 0 Å². The van der Waals surface area contributed by atoms with Crippen molar-refractivity contribution in [1.29, 1.82) is 0 Å². The molecule has 30 heavy (non-hydrogen) atoms. The zero-order chi connectivity index (χ0) is 21.8. The maximum absolute atomic E-state index is 12.8. The first kappa shape index (κ1) is 25.6. The summed E-state index contributed by atoms with van der Waals surface area (Å²) >= 11 is 0. The van der Waals surface area contributed by atoms with E-state index in [4.69, 9.17) is 4.74 Å². The van der Waals surface area contributed by atoms with Gasteiger partial charge in [0, 0.05) is 45.8 Å². The van der Waals surface area contributed by atoms with Crippen molar-refractivity contribution in [3.63, 3.8) is 0 Å². The van der Waals surface area contributed by atoms with Gasteiger partial charge in [0.15, 0.2) is 0 Å². The highest BCUT2D eigenvalue weighted by Crippen LogP contribution is 2.28. The van der Waals surface area contributed by atoms with E-state index >= 15 is 0 Å². The van der Waals surface area contributed by atoms with Gasteiger partial charge in [0.2, 0.25) is 5.91 Å². The average molecular weight is 425 g/mol. The summed E-state index contributed by atoms with van der Waals surface area (Å²) in [5.74, 6) is 2.79. The number of amides is 1. The largest absolute Gasteiger partial charge is 0.383 e. The molecule has 1 heterocycles. The van der Waals surface area contributed by atoms with Gasteiger partial charge in [0.05, 0.1) is 6.61 Å². The van der Waals surface area contributed by atoms with E-state index in [1.165, 1.54) is 32.2 Å². The summed E-state index contributed by atoms with van der Waals surface area (Å²) in [5.41, 5.74) is 0. The lowest BCUT2D eigenvalue weighted by Gasteiger charge is -2.34. The lowest BCUT2D eigenvalue weighted by molar-refractivity contribution is -0.136. The van der Waals surface area contributed by atoms with Crippen molar-refractivity contribution >= 4 is 5.91 Å². The lowest BCUT2D eigenvalue weighted by Crippen LogP contribution is -2.48. The quantitative estimate of drug-likeness (QED) is 0.373. The molecule has 0 aromatic rings. The molecule has 1 amide bonds. The van der Waals surface area contributed by atoms with Crippen LogP contribution in [0.25, 0.3) is 0 Å². The number of likely N-dealkylation sites (N-methyl/N-ethyl adjacent to an activating group) is 1. The summed E-state index contributed by atoms with van der Waals surface area (Å²) in [5, 5.41) is 7.21. The van der Waals surface area contributed by atoms with Gasteiger partial charge in [-0.2, -0.15) is 0 Å². The highest BCUT2D eigenvalue weighted by molar-refractivity contribution is 5.78. The van der Waals surface area contributed by atoms with Gasteiger partial charge >= 0.3 is 0 Å². The molecule has 0 radical (unpaired) electrons. The summed E-state index contributed by atoms with van der Waals surface area (Å²) in [6, 6.07) is 0. The summed E-state index contributed by atoms with van der Waals surface area (Å²) in [7, 11) is 3.89. The fraction of sp³-hybridized carbons (Fsp3) is 0.958. The normalized spacial score (nSPS) is 20.9. The summed E-state index contributed by atoms with van der Waals surface area (Å²) < 4.78 is 5.11. The minimum Gasteiger partial charge on any atom is -0.383 e. The van der Waals surface area contributed by atoms with Gasteiger partial charge in [-0.3, -0.25) is 4.79 Å². The molecular weight excluding hydrogens is 376 g/mol. The standard InChI is InChI=1S/C24H48N4O2/c1-20(17-25-11-16-30-4)5-7-22(18-26-19-23-9-10-23)8-6-21(2)24(29)28-14-12-27(3)13-15-28/h20-23,25-26H,5-19H2,1-4H3. The van der Waals surface area contributed by atoms with Crippen molar-refractivity contribution in [3.8, 4) is 0 Å². The summed E-state index contributed by atoms with van der Waals surface area (Å²) in [6.07, 6.45) is 7.47. The Bertz CT molecular complexity index is 464. The molecule has 0 aromatic heterocycles. The number of rotatable bonds is 16. The Balaban J connectivity index is 1.70. The van der Waals surface area contributed by atoms with Crippen LogP contribution in [0.3, 0.4) is 0 Å². The predicted octanol–water partition coefficient (Wildman–Crippen LogP) is 2.44. The molecule has 0 aromatic carbocycles. The summed E-state index contributed by atoms with van der Waals surface area (Å²) in [4.78, 5) is 17.2. The number of ether oxygens (including phenoxy) is 1. The van der Waals surface area contributed by atoms with Crippen LogP contribution in [0.1, 0.15) is 52.4 Å². The highest BCUT2D eigenvalue weighted by atomic mass is 16.5. The second-order valence-electron chi connectivity index (χ2n) is 9.95. The number of hydrogen-bond acceptors (Lipinski definition) is 5. The van der Waals surface area contributed by atoms with Crippen molar-refractivity contribution in [1.82, 2.24) is 20.4 Å². The molecule has 2 rings (SSSR count). The molecule has 0 spiro atoms. The third kappa shape index (κ3) is 10.6. The Kier molecular flexibility index (Phi) is 12.3. The van der Waals surface area contributed by atoms with E-state index in [0.29, 0.717) is 17.7 Å². The van der Waals surface area contributed by atoms with Gasteiger partial charge in [-0.25, -0.2) is 0 Å². The van der Waals surface area contributed by atoms with E-state index in [2.05, 4.69) is 41.3 Å². The van der Waals surface area contributed by atoms with Gasteiger partial charge in [0.25, 0.3) is 0 Å². The van der Waals surface area contributed by atoms with E-state index < -0.39 is 0 Å². The molecule has 6 heteroatoms. The second-order valence-corrected chi connectivity index (χ2v) is 9.95. The van der Waals surface area contributed by atoms with Crippen LogP contribution < -0.4 is 10.6 Å². The maximum atomic E-state index is 12.8. The predicted molar refractivity (Wildman–Crippen MR) is 125 cm³/mol. The Hall–Kier alpha value is -0.690. The molecule has 3 atom stereocenters. The van der Waals surface area contributed by atoms with Crippen LogP contribution >= 0.6 is 0 Å². The molecule has 2 aliphatic rings. The molecule has 2 fully saturated rings. The van der Waals surface area contributed by atoms with Crippen LogP contribution in [0.2, 0.25) is 0 Å². The third-order valence-corrected chi connectivity index (χ3v) is 6.85. The smallest absolute Gasteiger partial charge is 0.225 e. The minimum absolute atomic E-state index is 0.146. The molecule has 3 unspecified atom stereocenters. The molecule has 1 aliphatic heterocycles. The molecule has 6 nitrogen and oxygen atoms in total. The van der Waals surface area contributed by atoms with Crippen molar-refractivity contribution in [2.45, 2.75) is 52.4 Å². The zero-order valence-corrected chi connectivity index (χ0v) is 20.1. The van der Waals surface area contributed by atoms with E-state index in [1.54, 1.807) is 7.11 Å². The number of hydrogen-bond donors (Lipinski definition) is 2. The average Bonchev–Trinajstić information content (AvgIpc) is 3.57. The molecule has 0 bridgehead atoms.